The summed E-state index contributed by atoms with van der Waals surface area (Å²) in [7, 11) is 0. The Labute approximate surface area is 376 Å². The van der Waals surface area contributed by atoms with E-state index in [1.807, 2.05) is 0 Å². The number of hydrogen-bond acceptors (Lipinski definition) is 8. The number of carboxylic acid groups (broad SMARTS) is 1. The second kappa shape index (κ2) is 52.6. The average Bonchev–Trinajstić information content (AvgIpc) is 3.24. The number of aliphatic carboxylic acids is 1. The molecule has 0 aliphatic heterocycles. The zero-order valence-corrected chi connectivity index (χ0v) is 40.3. The molecule has 11 heteroatoms. The maximum Gasteiger partial charge on any atom is 0.220 e. The zero-order chi connectivity index (χ0) is 45.1. The van der Waals surface area contributed by atoms with E-state index < -0.39 is 12.1 Å². The van der Waals surface area contributed by atoms with Crippen LogP contribution in [0.4, 0.5) is 0 Å². The molecule has 0 spiro atoms. The van der Waals surface area contributed by atoms with E-state index in [1.54, 1.807) is 0 Å². The Morgan fingerprint density at radius 1 is 0.475 bits per heavy atom. The highest BCUT2D eigenvalue weighted by Crippen LogP contribution is 2.15. The summed E-state index contributed by atoms with van der Waals surface area (Å²) >= 11 is 0. The third kappa shape index (κ3) is 54.3. The van der Waals surface area contributed by atoms with Gasteiger partial charge in [-0.15, -0.1) is 0 Å². The van der Waals surface area contributed by atoms with Gasteiger partial charge < -0.3 is 45.1 Å². The van der Waals surface area contributed by atoms with Crippen LogP contribution in [0.25, 0.3) is 0 Å². The first-order valence-corrected chi connectivity index (χ1v) is 25.8. The maximum absolute atomic E-state index is 12.5. The summed E-state index contributed by atoms with van der Waals surface area (Å²) in [5, 5.41) is 32.4. The van der Waals surface area contributed by atoms with Crippen LogP contribution in [-0.2, 0) is 23.9 Å². The van der Waals surface area contributed by atoms with E-state index in [9.17, 15) is 19.5 Å². The smallest absolute Gasteiger partial charge is 0.220 e. The minimum Gasteiger partial charge on any atom is -0.547 e. The van der Waals surface area contributed by atoms with Crippen molar-refractivity contribution in [3.63, 3.8) is 0 Å². The summed E-state index contributed by atoms with van der Waals surface area (Å²) in [6.07, 6.45) is 41.2. The molecule has 0 saturated carbocycles. The molecule has 0 aromatic rings. The zero-order valence-electron chi connectivity index (χ0n) is 40.3. The number of aliphatic hydroxyl groups is 2. The molecule has 2 amide bonds. The summed E-state index contributed by atoms with van der Waals surface area (Å²) in [5.41, 5.74) is 0. The first kappa shape index (κ1) is 61.3. The van der Waals surface area contributed by atoms with E-state index in [4.69, 9.17) is 19.7 Å². The molecule has 2 unspecified atom stereocenters. The van der Waals surface area contributed by atoms with Gasteiger partial charge in [-0.2, -0.15) is 0 Å². The van der Waals surface area contributed by atoms with E-state index in [0.29, 0.717) is 52.4 Å². The molecule has 0 saturated heterocycles. The molecule has 0 radical (unpaired) electrons. The minimum atomic E-state index is -1.44. The monoisotopic (exact) mass is 872 g/mol. The van der Waals surface area contributed by atoms with Gasteiger partial charge in [0.15, 0.2) is 0 Å². The lowest BCUT2D eigenvalue weighted by Crippen LogP contribution is -3.14. The second-order valence-electron chi connectivity index (χ2n) is 17.4. The largest absolute Gasteiger partial charge is 0.547 e. The third-order valence-corrected chi connectivity index (χ3v) is 11.4. The van der Waals surface area contributed by atoms with Gasteiger partial charge >= 0.3 is 0 Å². The molecule has 0 fully saturated rings. The third-order valence-electron chi connectivity index (χ3n) is 11.4. The van der Waals surface area contributed by atoms with Gasteiger partial charge in [0.2, 0.25) is 11.8 Å². The first-order valence-electron chi connectivity index (χ1n) is 25.8. The number of amides is 2. The quantitative estimate of drug-likeness (QED) is 0.0383. The summed E-state index contributed by atoms with van der Waals surface area (Å²) in [6.45, 7) is 11.3. The number of quaternary nitrogens is 1. The van der Waals surface area contributed by atoms with Crippen LogP contribution >= 0.6 is 0 Å². The van der Waals surface area contributed by atoms with Gasteiger partial charge in [0.05, 0.1) is 71.3 Å². The van der Waals surface area contributed by atoms with Crippen LogP contribution in [0.3, 0.4) is 0 Å². The van der Waals surface area contributed by atoms with Crippen LogP contribution in [0.1, 0.15) is 233 Å². The van der Waals surface area contributed by atoms with Crippen molar-refractivity contribution in [2.24, 2.45) is 0 Å². The Bertz CT molecular complexity index is 910. The van der Waals surface area contributed by atoms with Crippen LogP contribution in [-0.4, -0.2) is 99.9 Å². The van der Waals surface area contributed by atoms with Crippen LogP contribution in [0.5, 0.6) is 0 Å². The molecule has 0 heterocycles. The Kier molecular flexibility index (Phi) is 52.8. The molecular formula is C50H101N3O8. The lowest BCUT2D eigenvalue weighted by atomic mass is 10.0. The van der Waals surface area contributed by atoms with Gasteiger partial charge in [-0.25, -0.2) is 0 Å². The summed E-state index contributed by atoms with van der Waals surface area (Å²) in [5.74, 6) is -1.13. The molecule has 0 rings (SSSR count). The molecular weight excluding hydrogens is 771 g/mol. The fourth-order valence-corrected chi connectivity index (χ4v) is 7.40. The highest BCUT2D eigenvalue weighted by molar-refractivity contribution is 5.76. The van der Waals surface area contributed by atoms with Crippen molar-refractivity contribution in [3.8, 4) is 0 Å². The maximum atomic E-state index is 12.5. The van der Waals surface area contributed by atoms with E-state index in [0.717, 1.165) is 52.2 Å². The van der Waals surface area contributed by atoms with Crippen LogP contribution in [0, 0.1) is 0 Å². The number of carbonyl (C=O) groups is 3. The Hall–Kier alpha value is -1.79. The predicted octanol–water partition coefficient (Wildman–Crippen LogP) is 8.16. The lowest BCUT2D eigenvalue weighted by Gasteiger charge is -2.20. The van der Waals surface area contributed by atoms with E-state index in [-0.39, 0.29) is 18.4 Å². The molecule has 364 valence electrons. The highest BCUT2D eigenvalue weighted by Gasteiger charge is 2.11. The second-order valence-corrected chi connectivity index (χ2v) is 17.4. The number of aliphatic hydroxyl groups excluding tert-OH is 2. The predicted molar refractivity (Wildman–Crippen MR) is 251 cm³/mol. The Morgan fingerprint density at radius 3 is 1.03 bits per heavy atom. The Morgan fingerprint density at radius 2 is 0.754 bits per heavy atom. The Balaban J connectivity index is 0. The summed E-state index contributed by atoms with van der Waals surface area (Å²) in [4.78, 5) is 35.7. The van der Waals surface area contributed by atoms with E-state index >= 15 is 0 Å². The van der Waals surface area contributed by atoms with Crippen molar-refractivity contribution in [2.75, 3.05) is 65.8 Å². The van der Waals surface area contributed by atoms with Crippen molar-refractivity contribution in [2.45, 2.75) is 239 Å². The van der Waals surface area contributed by atoms with Crippen molar-refractivity contribution >= 4 is 17.8 Å². The summed E-state index contributed by atoms with van der Waals surface area (Å²) in [6, 6.07) is 0. The number of nitrogens with one attached hydrogen (secondary N) is 3. The van der Waals surface area contributed by atoms with Crippen molar-refractivity contribution in [3.05, 3.63) is 0 Å². The molecule has 0 aromatic heterocycles. The highest BCUT2D eigenvalue weighted by atomic mass is 16.5. The van der Waals surface area contributed by atoms with Crippen LogP contribution in [0.15, 0.2) is 0 Å². The van der Waals surface area contributed by atoms with Crippen LogP contribution in [0.2, 0.25) is 0 Å². The number of carbonyl (C=O) groups excluding carboxylic acids is 3. The normalized spacial score (nSPS) is 12.1. The van der Waals surface area contributed by atoms with Crippen molar-refractivity contribution in [1.29, 1.82) is 0 Å². The molecule has 0 aromatic carbocycles. The van der Waals surface area contributed by atoms with Crippen LogP contribution < -0.4 is 20.6 Å². The molecule has 5 N–H and O–H groups in total. The molecule has 0 aliphatic rings. The topological polar surface area (TPSA) is 162 Å². The first-order chi connectivity index (χ1) is 29.8. The van der Waals surface area contributed by atoms with Gasteiger partial charge in [-0.3, -0.25) is 9.59 Å². The fraction of sp³-hybridized carbons (Fsp3) is 0.940. The lowest BCUT2D eigenvalue weighted by molar-refractivity contribution is -0.898. The number of unbranched alkanes of at least 4 members (excludes halogenated alkanes) is 29. The minimum absolute atomic E-state index is 0.0221. The van der Waals surface area contributed by atoms with E-state index in [1.165, 1.54) is 178 Å². The summed E-state index contributed by atoms with van der Waals surface area (Å²) < 4.78 is 11.0. The van der Waals surface area contributed by atoms with Crippen molar-refractivity contribution in [1.82, 2.24) is 10.6 Å². The molecule has 2 atom stereocenters. The van der Waals surface area contributed by atoms with Gasteiger partial charge in [0.25, 0.3) is 0 Å². The molecule has 0 aliphatic carbocycles. The number of ether oxygens (including phenoxy) is 2. The van der Waals surface area contributed by atoms with E-state index in [2.05, 4.69) is 24.5 Å². The SMILES string of the molecule is CC(O)C(=O)[O-].CCCCCCCCCCCCCCCCCCC(=O)NCC[NH+](CCNC(=O)CCCCCCCCCCCCCCCCC)CCOCCOCCO. The molecule has 0 bridgehead atoms. The van der Waals surface area contributed by atoms with Gasteiger partial charge in [-0.05, 0) is 19.8 Å². The average molecular weight is 872 g/mol. The fourth-order valence-electron chi connectivity index (χ4n) is 7.40. The number of carboxylic acids is 1. The van der Waals surface area contributed by atoms with Gasteiger partial charge in [0.1, 0.15) is 6.54 Å². The van der Waals surface area contributed by atoms with Gasteiger partial charge in [0, 0.05) is 12.8 Å². The van der Waals surface area contributed by atoms with Gasteiger partial charge in [-0.1, -0.05) is 200 Å². The standard InChI is InChI=1S/C47H95N3O5.C3H6O3/c1-3-5-7-9-11-13-15-17-19-21-23-25-27-29-31-33-35-47(53)49-37-39-50(40-42-54-44-45-55-43-41-51)38-36-48-46(52)34-32-30-28-26-24-22-20-18-16-14-12-10-8-6-4-2;1-2(4)3(5)6/h51H,3-45H2,1-2H3,(H,48,52)(H,49,53);2,4H,1H3,(H,5,6). The number of hydrogen-bond donors (Lipinski definition) is 5. The van der Waals surface area contributed by atoms with Crippen molar-refractivity contribution < 1.29 is 44.1 Å². The number of rotatable bonds is 48. The molecule has 11 nitrogen and oxygen atoms in total. The molecule has 61 heavy (non-hydrogen) atoms.